The fourth-order valence-electron chi connectivity index (χ4n) is 3.38. The number of rotatable bonds is 6. The van der Waals surface area contributed by atoms with Crippen molar-refractivity contribution in [3.63, 3.8) is 0 Å². The molecule has 7 heteroatoms. The molecule has 0 aliphatic carbocycles. The van der Waals surface area contributed by atoms with Gasteiger partial charge in [0.05, 0.1) is 11.4 Å². The normalized spacial score (nSPS) is 16.8. The lowest BCUT2D eigenvalue weighted by molar-refractivity contribution is -0.122. The van der Waals surface area contributed by atoms with E-state index in [1.54, 1.807) is 4.90 Å². The first-order valence-electron chi connectivity index (χ1n) is 9.58. The molecular formula is C22H22N2O3S2. The molecule has 2 heterocycles. The molecule has 2 aromatic carbocycles. The van der Waals surface area contributed by atoms with Gasteiger partial charge in [-0.1, -0.05) is 42.2 Å². The van der Waals surface area contributed by atoms with Gasteiger partial charge in [-0.15, -0.1) is 0 Å². The molecule has 0 aromatic heterocycles. The fourth-order valence-corrected chi connectivity index (χ4v) is 4.63. The van der Waals surface area contributed by atoms with Crippen LogP contribution in [0.2, 0.25) is 0 Å². The molecule has 2 aliphatic heterocycles. The number of fused-ring (bicyclic) bond motifs is 1. The van der Waals surface area contributed by atoms with Gasteiger partial charge >= 0.3 is 0 Å². The fraction of sp³-hybridized carbons (Fsp3) is 0.273. The molecule has 150 valence electrons. The molecule has 29 heavy (non-hydrogen) atoms. The molecule has 1 fully saturated rings. The van der Waals surface area contributed by atoms with E-state index in [0.717, 1.165) is 30.0 Å². The van der Waals surface area contributed by atoms with Gasteiger partial charge in [0.1, 0.15) is 4.32 Å². The topological polar surface area (TPSA) is 42.0 Å². The number of ether oxygens (including phenoxy) is 2. The lowest BCUT2D eigenvalue weighted by Gasteiger charge is -2.20. The Bertz CT molecular complexity index is 969. The monoisotopic (exact) mass is 426 g/mol. The van der Waals surface area contributed by atoms with Crippen LogP contribution in [0.4, 0.5) is 5.69 Å². The summed E-state index contributed by atoms with van der Waals surface area (Å²) in [4.78, 5) is 17.5. The zero-order valence-corrected chi connectivity index (χ0v) is 18.0. The summed E-state index contributed by atoms with van der Waals surface area (Å²) in [5.74, 6) is 1.37. The number of benzene rings is 2. The maximum atomic E-state index is 12.9. The minimum absolute atomic E-state index is 0.0644. The molecule has 4 rings (SSSR count). The van der Waals surface area contributed by atoms with Crippen LogP contribution in [0, 0.1) is 0 Å². The average Bonchev–Trinajstić information content (AvgIpc) is 3.30. The van der Waals surface area contributed by atoms with Crippen molar-refractivity contribution in [2.24, 2.45) is 0 Å². The molecule has 1 amide bonds. The van der Waals surface area contributed by atoms with E-state index in [0.29, 0.717) is 21.5 Å². The number of anilines is 1. The molecule has 0 bridgehead atoms. The summed E-state index contributed by atoms with van der Waals surface area (Å²) in [6, 6.07) is 14.0. The van der Waals surface area contributed by atoms with Crippen molar-refractivity contribution < 1.29 is 14.3 Å². The first-order valence-corrected chi connectivity index (χ1v) is 10.8. The van der Waals surface area contributed by atoms with Crippen LogP contribution in [0.5, 0.6) is 11.5 Å². The summed E-state index contributed by atoms with van der Waals surface area (Å²) in [5.41, 5.74) is 3.13. The molecule has 0 N–H and O–H groups in total. The van der Waals surface area contributed by atoms with Crippen LogP contribution in [-0.2, 0) is 11.3 Å². The van der Waals surface area contributed by atoms with E-state index in [1.807, 2.05) is 36.4 Å². The molecular weight excluding hydrogens is 404 g/mol. The highest BCUT2D eigenvalue weighted by molar-refractivity contribution is 8.26. The van der Waals surface area contributed by atoms with Crippen LogP contribution in [0.3, 0.4) is 0 Å². The van der Waals surface area contributed by atoms with Gasteiger partial charge in [-0.3, -0.25) is 9.69 Å². The van der Waals surface area contributed by atoms with Gasteiger partial charge in [-0.25, -0.2) is 0 Å². The van der Waals surface area contributed by atoms with Gasteiger partial charge < -0.3 is 14.4 Å². The van der Waals surface area contributed by atoms with Crippen LogP contribution < -0.4 is 14.4 Å². The number of carbonyl (C=O) groups is 1. The SMILES string of the molecule is CCN(CC)c1ccc(/C=C2\SC(=S)N(Cc3ccc4c(c3)OCO4)C2=O)cc1. The zero-order chi connectivity index (χ0) is 20.4. The van der Waals surface area contributed by atoms with E-state index in [9.17, 15) is 4.79 Å². The Morgan fingerprint density at radius 1 is 1.10 bits per heavy atom. The number of carbonyl (C=O) groups excluding carboxylic acids is 1. The Kier molecular flexibility index (Phi) is 5.78. The summed E-state index contributed by atoms with van der Waals surface area (Å²) in [6.07, 6.45) is 1.91. The van der Waals surface area contributed by atoms with Crippen molar-refractivity contribution in [3.05, 3.63) is 58.5 Å². The van der Waals surface area contributed by atoms with Crippen LogP contribution >= 0.6 is 24.0 Å². The average molecular weight is 427 g/mol. The Morgan fingerprint density at radius 3 is 2.55 bits per heavy atom. The third-order valence-electron chi connectivity index (χ3n) is 4.97. The standard InChI is InChI=1S/C22H22N2O3S2/c1-3-23(4-2)17-8-5-15(6-9-17)12-20-21(25)24(22(28)29-20)13-16-7-10-18-19(11-16)27-14-26-18/h5-12H,3-4,13-14H2,1-2H3/b20-12-. The van der Waals surface area contributed by atoms with Gasteiger partial charge in [-0.2, -0.15) is 0 Å². The maximum Gasteiger partial charge on any atom is 0.266 e. The van der Waals surface area contributed by atoms with Crippen molar-refractivity contribution in [1.29, 1.82) is 0 Å². The maximum absolute atomic E-state index is 12.9. The van der Waals surface area contributed by atoms with Gasteiger partial charge in [-0.05, 0) is 55.3 Å². The van der Waals surface area contributed by atoms with Crippen molar-refractivity contribution in [2.75, 3.05) is 24.8 Å². The number of nitrogens with zero attached hydrogens (tertiary/aromatic N) is 2. The number of thiocarbonyl (C=S) groups is 1. The van der Waals surface area contributed by atoms with Gasteiger partial charge in [0.25, 0.3) is 5.91 Å². The smallest absolute Gasteiger partial charge is 0.266 e. The van der Waals surface area contributed by atoms with Crippen LogP contribution in [-0.4, -0.2) is 35.0 Å². The lowest BCUT2D eigenvalue weighted by Crippen LogP contribution is -2.27. The van der Waals surface area contributed by atoms with Gasteiger partial charge in [0.15, 0.2) is 11.5 Å². The summed E-state index contributed by atoms with van der Waals surface area (Å²) in [5, 5.41) is 0. The largest absolute Gasteiger partial charge is 0.454 e. The predicted octanol–water partition coefficient (Wildman–Crippen LogP) is 4.66. The van der Waals surface area contributed by atoms with Crippen LogP contribution in [0.1, 0.15) is 25.0 Å². The second-order valence-corrected chi connectivity index (χ2v) is 8.40. The van der Waals surface area contributed by atoms with Crippen LogP contribution in [0.15, 0.2) is 47.4 Å². The molecule has 0 unspecified atom stereocenters. The third kappa shape index (κ3) is 4.11. The van der Waals surface area contributed by atoms with E-state index in [-0.39, 0.29) is 12.7 Å². The molecule has 1 saturated heterocycles. The van der Waals surface area contributed by atoms with E-state index in [4.69, 9.17) is 21.7 Å². The van der Waals surface area contributed by atoms with Crippen molar-refractivity contribution in [2.45, 2.75) is 20.4 Å². The second kappa shape index (κ2) is 8.47. The number of hydrogen-bond acceptors (Lipinski definition) is 6. The molecule has 2 aromatic rings. The van der Waals surface area contributed by atoms with Gasteiger partial charge in [0.2, 0.25) is 6.79 Å². The Labute approximate surface area is 180 Å². The lowest BCUT2D eigenvalue weighted by atomic mass is 10.1. The summed E-state index contributed by atoms with van der Waals surface area (Å²) in [7, 11) is 0. The third-order valence-corrected chi connectivity index (χ3v) is 6.35. The van der Waals surface area contributed by atoms with Crippen molar-refractivity contribution in [1.82, 2.24) is 4.90 Å². The van der Waals surface area contributed by atoms with Gasteiger partial charge in [0, 0.05) is 18.8 Å². The van der Waals surface area contributed by atoms with E-state index >= 15 is 0 Å². The zero-order valence-electron chi connectivity index (χ0n) is 16.4. The molecule has 5 nitrogen and oxygen atoms in total. The Morgan fingerprint density at radius 2 is 1.83 bits per heavy atom. The van der Waals surface area contributed by atoms with E-state index < -0.39 is 0 Å². The van der Waals surface area contributed by atoms with Crippen molar-refractivity contribution >= 4 is 46.0 Å². The summed E-state index contributed by atoms with van der Waals surface area (Å²) in [6.45, 7) is 6.86. The molecule has 0 saturated carbocycles. The number of amides is 1. The van der Waals surface area contributed by atoms with Crippen LogP contribution in [0.25, 0.3) is 6.08 Å². The minimum atomic E-state index is -0.0644. The second-order valence-electron chi connectivity index (χ2n) is 6.72. The summed E-state index contributed by atoms with van der Waals surface area (Å²) < 4.78 is 11.3. The quantitative estimate of drug-likeness (QED) is 0.494. The van der Waals surface area contributed by atoms with E-state index in [2.05, 4.69) is 30.9 Å². The highest BCUT2D eigenvalue weighted by Gasteiger charge is 2.32. The molecule has 2 aliphatic rings. The minimum Gasteiger partial charge on any atom is -0.454 e. The first-order chi connectivity index (χ1) is 14.1. The highest BCUT2D eigenvalue weighted by atomic mass is 32.2. The van der Waals surface area contributed by atoms with Crippen molar-refractivity contribution in [3.8, 4) is 11.5 Å². The van der Waals surface area contributed by atoms with E-state index in [1.165, 1.54) is 17.4 Å². The number of hydrogen-bond donors (Lipinski definition) is 0. The molecule has 0 spiro atoms. The molecule has 0 radical (unpaired) electrons. The number of thioether (sulfide) groups is 1. The summed E-state index contributed by atoms with van der Waals surface area (Å²) >= 11 is 6.80. The Balaban J connectivity index is 1.49. The molecule has 0 atom stereocenters. The predicted molar refractivity (Wildman–Crippen MR) is 121 cm³/mol. The first kappa shape index (κ1) is 19.8. The Hall–Kier alpha value is -2.51. The highest BCUT2D eigenvalue weighted by Crippen LogP contribution is 2.36.